The zero-order valence-corrected chi connectivity index (χ0v) is 34.2. The number of rotatable bonds is 6. The van der Waals surface area contributed by atoms with Crippen LogP contribution in [0.5, 0.6) is 0 Å². The number of benzene rings is 9. The van der Waals surface area contributed by atoms with Gasteiger partial charge < -0.3 is 9.47 Å². The molecule has 9 aromatic carbocycles. The molecule has 0 fully saturated rings. The average molecular weight is 785 g/mol. The second-order valence-electron chi connectivity index (χ2n) is 16.6. The number of fused-ring (bicyclic) bond motifs is 9. The van der Waals surface area contributed by atoms with Crippen molar-refractivity contribution in [2.24, 2.45) is 0 Å². The second kappa shape index (κ2) is 13.4. The van der Waals surface area contributed by atoms with Gasteiger partial charge in [-0.15, -0.1) is 11.3 Å². The molecule has 11 aromatic rings. The number of hydrogen-bond donors (Lipinski definition) is 0. The van der Waals surface area contributed by atoms with Crippen molar-refractivity contribution in [2.75, 3.05) is 4.90 Å². The highest BCUT2D eigenvalue weighted by atomic mass is 32.1. The summed E-state index contributed by atoms with van der Waals surface area (Å²) in [6.45, 7) is 4.73. The van der Waals surface area contributed by atoms with E-state index in [1.165, 1.54) is 92.2 Å². The Labute approximate surface area is 353 Å². The lowest BCUT2D eigenvalue weighted by molar-refractivity contribution is 0.660. The van der Waals surface area contributed by atoms with E-state index in [2.05, 4.69) is 230 Å². The molecule has 0 saturated heterocycles. The third-order valence-electron chi connectivity index (χ3n) is 12.8. The third-order valence-corrected chi connectivity index (χ3v) is 13.9. The fourth-order valence-electron chi connectivity index (χ4n) is 9.82. The quantitative estimate of drug-likeness (QED) is 0.163. The average Bonchev–Trinajstić information content (AvgIpc) is 3.92. The van der Waals surface area contributed by atoms with Crippen molar-refractivity contribution in [1.29, 1.82) is 0 Å². The van der Waals surface area contributed by atoms with Gasteiger partial charge in [-0.25, -0.2) is 0 Å². The smallest absolute Gasteiger partial charge is 0.0561 e. The number of thiophene rings is 1. The minimum absolute atomic E-state index is 0.123. The van der Waals surface area contributed by atoms with Gasteiger partial charge in [-0.1, -0.05) is 147 Å². The van der Waals surface area contributed by atoms with Crippen LogP contribution in [0.25, 0.3) is 81.0 Å². The van der Waals surface area contributed by atoms with E-state index >= 15 is 0 Å². The molecule has 1 aliphatic rings. The molecule has 0 unspecified atom stereocenters. The molecule has 0 spiro atoms. The predicted molar refractivity (Wildman–Crippen MR) is 257 cm³/mol. The summed E-state index contributed by atoms with van der Waals surface area (Å²) in [5.41, 5.74) is 17.0. The summed E-state index contributed by atoms with van der Waals surface area (Å²) in [6.07, 6.45) is 0. The Morgan fingerprint density at radius 1 is 0.383 bits per heavy atom. The molecule has 60 heavy (non-hydrogen) atoms. The highest BCUT2D eigenvalue weighted by Gasteiger charge is 2.35. The van der Waals surface area contributed by atoms with Crippen molar-refractivity contribution in [3.05, 3.63) is 217 Å². The fourth-order valence-corrected chi connectivity index (χ4v) is 10.9. The van der Waals surface area contributed by atoms with Crippen LogP contribution >= 0.6 is 11.3 Å². The van der Waals surface area contributed by atoms with Gasteiger partial charge in [0.15, 0.2) is 0 Å². The van der Waals surface area contributed by atoms with Gasteiger partial charge in [0.1, 0.15) is 0 Å². The summed E-state index contributed by atoms with van der Waals surface area (Å²) in [4.78, 5) is 2.44. The maximum atomic E-state index is 2.46. The molecule has 0 aliphatic heterocycles. The van der Waals surface area contributed by atoms with Crippen molar-refractivity contribution in [1.82, 2.24) is 4.57 Å². The molecule has 0 atom stereocenters. The van der Waals surface area contributed by atoms with Crippen LogP contribution in [0.1, 0.15) is 25.0 Å². The summed E-state index contributed by atoms with van der Waals surface area (Å²) in [6, 6.07) is 76.2. The minimum atomic E-state index is -0.123. The molecule has 284 valence electrons. The summed E-state index contributed by atoms with van der Waals surface area (Å²) < 4.78 is 5.09. The molecular weight excluding hydrogens is 745 g/mol. The molecule has 2 aromatic heterocycles. The minimum Gasteiger partial charge on any atom is -0.310 e. The number of para-hydroxylation sites is 1. The normalized spacial score (nSPS) is 13.0. The van der Waals surface area contributed by atoms with Crippen LogP contribution in [0.4, 0.5) is 17.1 Å². The fraction of sp³-hybridized carbons (Fsp3) is 0.0526. The van der Waals surface area contributed by atoms with E-state index in [-0.39, 0.29) is 5.41 Å². The van der Waals surface area contributed by atoms with Crippen LogP contribution in [-0.4, -0.2) is 4.57 Å². The van der Waals surface area contributed by atoms with Crippen molar-refractivity contribution in [2.45, 2.75) is 19.3 Å². The maximum Gasteiger partial charge on any atom is 0.0561 e. The van der Waals surface area contributed by atoms with Gasteiger partial charge in [0.25, 0.3) is 0 Å². The number of aromatic nitrogens is 1. The molecule has 0 saturated carbocycles. The van der Waals surface area contributed by atoms with Gasteiger partial charge in [0.2, 0.25) is 0 Å². The molecule has 0 radical (unpaired) electrons. The Morgan fingerprint density at radius 3 is 1.85 bits per heavy atom. The predicted octanol–water partition coefficient (Wildman–Crippen LogP) is 16.3. The lowest BCUT2D eigenvalue weighted by Crippen LogP contribution is -2.16. The summed E-state index contributed by atoms with van der Waals surface area (Å²) >= 11 is 1.86. The van der Waals surface area contributed by atoms with E-state index in [4.69, 9.17) is 0 Å². The maximum absolute atomic E-state index is 2.46. The standard InChI is InChI=1S/C57H40N2S/c1-57(2)51-20-9-6-17-45(51)46-30-27-43(35-52(46)57)58(41-25-23-38(24-26-41)40-16-12-15-39(33-40)37-13-4-3-5-14-37)44-28-31-48-47-18-7-10-21-53(47)59(54(48)36-44)42-29-32-56-50(34-42)49-19-8-11-22-55(49)60-56/h3-36H,1-2H3. The third kappa shape index (κ3) is 5.40. The van der Waals surface area contributed by atoms with E-state index in [0.29, 0.717) is 0 Å². The van der Waals surface area contributed by atoms with Crippen LogP contribution in [0, 0.1) is 0 Å². The van der Waals surface area contributed by atoms with Crippen LogP contribution < -0.4 is 4.90 Å². The van der Waals surface area contributed by atoms with Gasteiger partial charge in [-0.3, -0.25) is 0 Å². The van der Waals surface area contributed by atoms with Gasteiger partial charge in [0.05, 0.1) is 11.0 Å². The van der Waals surface area contributed by atoms with Gasteiger partial charge in [-0.2, -0.15) is 0 Å². The Bertz CT molecular complexity index is 3460. The Kier molecular flexibility index (Phi) is 7.79. The van der Waals surface area contributed by atoms with Crippen molar-refractivity contribution in [3.8, 4) is 39.1 Å². The highest BCUT2D eigenvalue weighted by Crippen LogP contribution is 2.51. The van der Waals surface area contributed by atoms with E-state index in [9.17, 15) is 0 Å². The van der Waals surface area contributed by atoms with E-state index < -0.39 is 0 Å². The summed E-state index contributed by atoms with van der Waals surface area (Å²) in [5, 5.41) is 5.10. The van der Waals surface area contributed by atoms with Crippen LogP contribution in [0.2, 0.25) is 0 Å². The van der Waals surface area contributed by atoms with Crippen LogP contribution in [0.3, 0.4) is 0 Å². The zero-order chi connectivity index (χ0) is 40.0. The lowest BCUT2D eigenvalue weighted by Gasteiger charge is -2.28. The first-order valence-corrected chi connectivity index (χ1v) is 21.6. The van der Waals surface area contributed by atoms with Crippen molar-refractivity contribution in [3.63, 3.8) is 0 Å². The van der Waals surface area contributed by atoms with E-state index in [0.717, 1.165) is 17.1 Å². The molecule has 0 bridgehead atoms. The molecule has 2 heterocycles. The molecule has 2 nitrogen and oxygen atoms in total. The number of anilines is 3. The Hall–Kier alpha value is -7.20. The molecule has 0 amide bonds. The van der Waals surface area contributed by atoms with Crippen LogP contribution in [-0.2, 0) is 5.41 Å². The largest absolute Gasteiger partial charge is 0.310 e. The Balaban J connectivity index is 1.04. The summed E-state index contributed by atoms with van der Waals surface area (Å²) in [7, 11) is 0. The molecule has 12 rings (SSSR count). The monoisotopic (exact) mass is 784 g/mol. The van der Waals surface area contributed by atoms with E-state index in [1.807, 2.05) is 11.3 Å². The number of nitrogens with zero attached hydrogens (tertiary/aromatic N) is 2. The first kappa shape index (κ1) is 34.8. The molecular formula is C57H40N2S. The SMILES string of the molecule is CC1(C)c2ccccc2-c2ccc(N(c3ccc(-c4cccc(-c5ccccc5)c4)cc3)c3ccc4c5ccccc5n(-c5ccc6sc7ccccc7c6c5)c4c3)cc21. The molecule has 3 heteroatoms. The van der Waals surface area contributed by atoms with Gasteiger partial charge in [0, 0.05) is 59.1 Å². The first-order chi connectivity index (χ1) is 29.5. The van der Waals surface area contributed by atoms with Gasteiger partial charge in [-0.05, 0) is 117 Å². The summed E-state index contributed by atoms with van der Waals surface area (Å²) in [5.74, 6) is 0. The lowest BCUT2D eigenvalue weighted by atomic mass is 9.82. The molecule has 1 aliphatic carbocycles. The van der Waals surface area contributed by atoms with E-state index in [1.54, 1.807) is 0 Å². The Morgan fingerprint density at radius 2 is 1.00 bits per heavy atom. The van der Waals surface area contributed by atoms with Crippen molar-refractivity contribution >= 4 is 70.4 Å². The second-order valence-corrected chi connectivity index (χ2v) is 17.6. The first-order valence-electron chi connectivity index (χ1n) is 20.7. The van der Waals surface area contributed by atoms with Crippen LogP contribution in [0.15, 0.2) is 206 Å². The topological polar surface area (TPSA) is 8.17 Å². The highest BCUT2D eigenvalue weighted by molar-refractivity contribution is 7.25. The van der Waals surface area contributed by atoms with Gasteiger partial charge >= 0.3 is 0 Å². The molecule has 0 N–H and O–H groups in total. The van der Waals surface area contributed by atoms with Crippen molar-refractivity contribution < 1.29 is 0 Å². The number of hydrogen-bond acceptors (Lipinski definition) is 2. The zero-order valence-electron chi connectivity index (χ0n) is 33.4.